The van der Waals surface area contributed by atoms with Crippen molar-refractivity contribution in [3.05, 3.63) is 52.3 Å². The summed E-state index contributed by atoms with van der Waals surface area (Å²) in [5.41, 5.74) is -0.656. The van der Waals surface area contributed by atoms with Crippen molar-refractivity contribution in [2.75, 3.05) is 0 Å². The summed E-state index contributed by atoms with van der Waals surface area (Å²) in [5, 5.41) is 0. The Kier molecular flexibility index (Phi) is 2.85. The van der Waals surface area contributed by atoms with Crippen LogP contribution in [-0.4, -0.2) is 9.55 Å². The van der Waals surface area contributed by atoms with Gasteiger partial charge in [-0.25, -0.2) is 9.37 Å². The molecule has 2 heterocycles. The van der Waals surface area contributed by atoms with E-state index in [2.05, 4.69) is 4.98 Å². The zero-order valence-corrected chi connectivity index (χ0v) is 8.81. The average molecular weight is 222 g/mol. The average Bonchev–Trinajstić information content (AvgIpc) is 2.73. The van der Waals surface area contributed by atoms with E-state index in [1.807, 2.05) is 6.92 Å². The summed E-state index contributed by atoms with van der Waals surface area (Å²) in [6, 6.07) is 2.62. The molecule has 2 aromatic heterocycles. The molecule has 5 heteroatoms. The van der Waals surface area contributed by atoms with Gasteiger partial charge in [0.1, 0.15) is 5.76 Å². The van der Waals surface area contributed by atoms with Crippen LogP contribution in [0.15, 0.2) is 33.7 Å². The molecule has 0 spiro atoms. The molecule has 16 heavy (non-hydrogen) atoms. The Morgan fingerprint density at radius 3 is 3.06 bits per heavy atom. The summed E-state index contributed by atoms with van der Waals surface area (Å²) in [7, 11) is 0. The molecule has 0 aromatic carbocycles. The minimum Gasteiger partial charge on any atom is -0.444 e. The number of pyridine rings is 1. The van der Waals surface area contributed by atoms with Crippen molar-refractivity contribution < 1.29 is 8.81 Å². The van der Waals surface area contributed by atoms with Crippen molar-refractivity contribution in [2.24, 2.45) is 0 Å². The van der Waals surface area contributed by atoms with Crippen LogP contribution in [-0.2, 0) is 13.0 Å². The molecule has 0 saturated heterocycles. The highest BCUT2D eigenvalue weighted by atomic mass is 19.1. The van der Waals surface area contributed by atoms with E-state index in [1.54, 1.807) is 6.20 Å². The summed E-state index contributed by atoms with van der Waals surface area (Å²) in [4.78, 5) is 15.4. The molecular weight excluding hydrogens is 211 g/mol. The first-order valence-corrected chi connectivity index (χ1v) is 4.99. The first-order valence-electron chi connectivity index (χ1n) is 4.99. The topological polar surface area (TPSA) is 48.0 Å². The Labute approximate surface area is 91.4 Å². The van der Waals surface area contributed by atoms with Crippen LogP contribution in [0.2, 0.25) is 0 Å². The normalized spacial score (nSPS) is 10.6. The van der Waals surface area contributed by atoms with Crippen LogP contribution in [0.5, 0.6) is 0 Å². The maximum absolute atomic E-state index is 13.0. The minimum atomic E-state index is -0.766. The largest absolute Gasteiger partial charge is 0.444 e. The quantitative estimate of drug-likeness (QED) is 0.792. The number of rotatable bonds is 3. The SMILES string of the molecule is CCc1ncc(Cn2cccc(F)c2=O)o1. The summed E-state index contributed by atoms with van der Waals surface area (Å²) in [6.07, 6.45) is 3.76. The Bertz CT molecular complexity index is 545. The predicted molar refractivity (Wildman–Crippen MR) is 55.6 cm³/mol. The van der Waals surface area contributed by atoms with E-state index in [9.17, 15) is 9.18 Å². The predicted octanol–water partition coefficient (Wildman–Crippen LogP) is 1.59. The minimum absolute atomic E-state index is 0.198. The van der Waals surface area contributed by atoms with E-state index in [1.165, 1.54) is 16.8 Å². The lowest BCUT2D eigenvalue weighted by molar-refractivity contribution is 0.443. The van der Waals surface area contributed by atoms with Gasteiger partial charge in [-0.1, -0.05) is 6.92 Å². The molecule has 0 amide bonds. The fourth-order valence-corrected chi connectivity index (χ4v) is 1.38. The summed E-state index contributed by atoms with van der Waals surface area (Å²) < 4.78 is 19.6. The van der Waals surface area contributed by atoms with Crippen molar-refractivity contribution in [3.63, 3.8) is 0 Å². The third kappa shape index (κ3) is 2.03. The molecule has 0 unspecified atom stereocenters. The van der Waals surface area contributed by atoms with E-state index in [-0.39, 0.29) is 6.54 Å². The van der Waals surface area contributed by atoms with Crippen LogP contribution in [0.3, 0.4) is 0 Å². The van der Waals surface area contributed by atoms with Crippen LogP contribution in [0.4, 0.5) is 4.39 Å². The Morgan fingerprint density at radius 1 is 1.56 bits per heavy atom. The summed E-state index contributed by atoms with van der Waals surface area (Å²) in [5.74, 6) is 0.390. The van der Waals surface area contributed by atoms with Gasteiger partial charge in [0.15, 0.2) is 11.7 Å². The number of aromatic nitrogens is 2. The van der Waals surface area contributed by atoms with E-state index in [0.717, 1.165) is 6.07 Å². The lowest BCUT2D eigenvalue weighted by Crippen LogP contribution is -2.22. The van der Waals surface area contributed by atoms with Gasteiger partial charge in [-0.15, -0.1) is 0 Å². The van der Waals surface area contributed by atoms with E-state index in [4.69, 9.17) is 4.42 Å². The van der Waals surface area contributed by atoms with Crippen molar-refractivity contribution in [3.8, 4) is 0 Å². The standard InChI is InChI=1S/C11H11FN2O2/c1-2-10-13-6-8(16-10)7-14-5-3-4-9(12)11(14)15/h3-6H,2,7H2,1H3. The van der Waals surface area contributed by atoms with Gasteiger partial charge in [0.2, 0.25) is 0 Å². The Balaban J connectivity index is 2.27. The molecule has 0 bridgehead atoms. The van der Waals surface area contributed by atoms with Gasteiger partial charge < -0.3 is 8.98 Å². The monoisotopic (exact) mass is 222 g/mol. The number of halogens is 1. The summed E-state index contributed by atoms with van der Waals surface area (Å²) >= 11 is 0. The van der Waals surface area contributed by atoms with E-state index < -0.39 is 11.4 Å². The highest BCUT2D eigenvalue weighted by Gasteiger charge is 2.06. The van der Waals surface area contributed by atoms with Crippen molar-refractivity contribution >= 4 is 0 Å². The molecule has 2 aromatic rings. The maximum atomic E-state index is 13.0. The lowest BCUT2D eigenvalue weighted by Gasteiger charge is -2.01. The fourth-order valence-electron chi connectivity index (χ4n) is 1.38. The van der Waals surface area contributed by atoms with Crippen LogP contribution in [0.25, 0.3) is 0 Å². The second kappa shape index (κ2) is 4.30. The van der Waals surface area contributed by atoms with Gasteiger partial charge in [0.25, 0.3) is 5.56 Å². The molecule has 84 valence electrons. The Hall–Kier alpha value is -1.91. The molecule has 0 saturated carbocycles. The first-order chi connectivity index (χ1) is 7.70. The molecular formula is C11H11FN2O2. The number of hydrogen-bond acceptors (Lipinski definition) is 3. The van der Waals surface area contributed by atoms with Crippen LogP contribution < -0.4 is 5.56 Å². The Morgan fingerprint density at radius 2 is 2.38 bits per heavy atom. The second-order valence-electron chi connectivity index (χ2n) is 3.36. The van der Waals surface area contributed by atoms with Gasteiger partial charge in [0, 0.05) is 12.6 Å². The van der Waals surface area contributed by atoms with Gasteiger partial charge in [-0.2, -0.15) is 0 Å². The first kappa shape index (κ1) is 10.6. The van der Waals surface area contributed by atoms with Gasteiger partial charge in [-0.3, -0.25) is 4.79 Å². The number of aryl methyl sites for hydroxylation is 1. The van der Waals surface area contributed by atoms with Gasteiger partial charge >= 0.3 is 0 Å². The number of nitrogens with zero attached hydrogens (tertiary/aromatic N) is 2. The zero-order valence-electron chi connectivity index (χ0n) is 8.81. The van der Waals surface area contributed by atoms with Crippen molar-refractivity contribution in [1.82, 2.24) is 9.55 Å². The number of hydrogen-bond donors (Lipinski definition) is 0. The maximum Gasteiger partial charge on any atom is 0.286 e. The molecule has 0 fully saturated rings. The van der Waals surface area contributed by atoms with E-state index in [0.29, 0.717) is 18.1 Å². The third-order valence-electron chi connectivity index (χ3n) is 2.20. The van der Waals surface area contributed by atoms with Crippen LogP contribution >= 0.6 is 0 Å². The highest BCUT2D eigenvalue weighted by molar-refractivity contribution is 5.01. The highest BCUT2D eigenvalue weighted by Crippen LogP contribution is 2.05. The summed E-state index contributed by atoms with van der Waals surface area (Å²) in [6.45, 7) is 2.12. The molecule has 4 nitrogen and oxygen atoms in total. The van der Waals surface area contributed by atoms with Crippen molar-refractivity contribution in [2.45, 2.75) is 19.9 Å². The fraction of sp³-hybridized carbons (Fsp3) is 0.273. The molecule has 0 aliphatic carbocycles. The smallest absolute Gasteiger partial charge is 0.286 e. The molecule has 0 N–H and O–H groups in total. The molecule has 0 radical (unpaired) electrons. The number of oxazole rings is 1. The molecule has 2 rings (SSSR count). The van der Waals surface area contributed by atoms with Crippen molar-refractivity contribution in [1.29, 1.82) is 0 Å². The second-order valence-corrected chi connectivity index (χ2v) is 3.36. The zero-order chi connectivity index (χ0) is 11.5. The molecule has 0 aliphatic rings. The van der Waals surface area contributed by atoms with Gasteiger partial charge in [0.05, 0.1) is 12.7 Å². The van der Waals surface area contributed by atoms with E-state index >= 15 is 0 Å². The van der Waals surface area contributed by atoms with Crippen LogP contribution in [0, 0.1) is 5.82 Å². The van der Waals surface area contributed by atoms with Crippen LogP contribution in [0.1, 0.15) is 18.6 Å². The lowest BCUT2D eigenvalue weighted by atomic mass is 10.4. The molecule has 0 atom stereocenters. The van der Waals surface area contributed by atoms with Gasteiger partial charge in [-0.05, 0) is 12.1 Å². The molecule has 0 aliphatic heterocycles. The third-order valence-corrected chi connectivity index (χ3v) is 2.20.